The summed E-state index contributed by atoms with van der Waals surface area (Å²) in [5.74, 6) is 0.273. The average molecular weight is 515 g/mol. The van der Waals surface area contributed by atoms with Gasteiger partial charge in [-0.3, -0.25) is 9.98 Å². The van der Waals surface area contributed by atoms with Crippen molar-refractivity contribution < 1.29 is 18.8 Å². The van der Waals surface area contributed by atoms with Gasteiger partial charge in [-0.1, -0.05) is 23.4 Å². The van der Waals surface area contributed by atoms with Crippen molar-refractivity contribution in [2.45, 2.75) is 51.7 Å². The van der Waals surface area contributed by atoms with Gasteiger partial charge in [0.15, 0.2) is 0 Å². The number of rotatable bonds is 3. The lowest BCUT2D eigenvalue weighted by Gasteiger charge is -2.33. The van der Waals surface area contributed by atoms with Crippen molar-refractivity contribution in [2.75, 3.05) is 13.2 Å². The molecule has 1 aromatic carbocycles. The van der Waals surface area contributed by atoms with Gasteiger partial charge in [0.25, 0.3) is 0 Å². The summed E-state index contributed by atoms with van der Waals surface area (Å²) in [6.45, 7) is 10.4. The number of nitrogens with zero attached hydrogens (tertiary/aromatic N) is 4. The van der Waals surface area contributed by atoms with E-state index in [-0.39, 0.29) is 11.6 Å². The first-order chi connectivity index (χ1) is 18.3. The lowest BCUT2D eigenvalue weighted by molar-refractivity contribution is 0.0543. The fourth-order valence-corrected chi connectivity index (χ4v) is 5.90. The zero-order valence-corrected chi connectivity index (χ0v) is 21.9. The maximum atomic E-state index is 16.0. The first kappa shape index (κ1) is 24.7. The molecule has 0 radical (unpaired) electrons. The molecular weight excluding hydrogens is 483 g/mol. The predicted molar refractivity (Wildman–Crippen MR) is 146 cm³/mol. The van der Waals surface area contributed by atoms with Crippen LogP contribution in [0.4, 0.5) is 4.39 Å². The van der Waals surface area contributed by atoms with Crippen LogP contribution < -0.4 is 0 Å². The van der Waals surface area contributed by atoms with E-state index < -0.39 is 17.5 Å². The lowest BCUT2D eigenvalue weighted by Crippen LogP contribution is -2.27. The molecule has 0 spiro atoms. The number of hydrogen-bond acceptors (Lipinski definition) is 6. The summed E-state index contributed by atoms with van der Waals surface area (Å²) >= 11 is 0. The monoisotopic (exact) mass is 514 g/mol. The zero-order valence-electron chi connectivity index (χ0n) is 21.9. The number of allylic oxidation sites excluding steroid dienone is 4. The van der Waals surface area contributed by atoms with Crippen molar-refractivity contribution in [2.24, 2.45) is 10.9 Å². The van der Waals surface area contributed by atoms with Crippen LogP contribution in [-0.4, -0.2) is 39.7 Å². The normalized spacial score (nSPS) is 21.9. The molecule has 1 N–H and O–H groups in total. The number of pyridine rings is 1. The Labute approximate surface area is 220 Å². The molecule has 196 valence electrons. The Balaban J connectivity index is 1.77. The van der Waals surface area contributed by atoms with Crippen molar-refractivity contribution in [3.05, 3.63) is 71.2 Å². The number of aliphatic imine (C=N–C) groups is 1. The Morgan fingerprint density at radius 3 is 2.71 bits per heavy atom. The summed E-state index contributed by atoms with van der Waals surface area (Å²) in [4.78, 5) is 9.20. The highest BCUT2D eigenvalue weighted by Crippen LogP contribution is 2.44. The molecule has 3 aromatic heterocycles. The zero-order chi connectivity index (χ0) is 26.6. The van der Waals surface area contributed by atoms with Crippen LogP contribution >= 0.6 is 0 Å². The number of fused-ring (bicyclic) bond motifs is 6. The van der Waals surface area contributed by atoms with Crippen molar-refractivity contribution in [1.29, 1.82) is 0 Å². The van der Waals surface area contributed by atoms with E-state index in [4.69, 9.17) is 14.2 Å². The summed E-state index contributed by atoms with van der Waals surface area (Å²) in [5, 5.41) is 16.0. The topological polar surface area (TPSA) is 85.7 Å². The largest absolute Gasteiger partial charge is 0.386 e. The standard InChI is InChI=1S/C30H31FN4O3/c1-17-26-19-14-24-27(33-16-19)21-9-8-20(30(2,3)36)15-23(21)35(24)29(18-10-12-37-13-11-18)28(32-4)22(31)6-5-7-25(26)38-34-17/h5-6,8-9,14-16,18,29,36H,4,7,10-13H2,1-3H3/b6-5-,28-22+. The third-order valence-electron chi connectivity index (χ3n) is 7.82. The first-order valence-corrected chi connectivity index (χ1v) is 13.0. The van der Waals surface area contributed by atoms with E-state index in [1.54, 1.807) is 19.9 Å². The maximum absolute atomic E-state index is 16.0. The van der Waals surface area contributed by atoms with Crippen LogP contribution in [0, 0.1) is 12.8 Å². The molecule has 5 heterocycles. The molecule has 0 saturated carbocycles. The van der Waals surface area contributed by atoms with Crippen molar-refractivity contribution in [3.63, 3.8) is 0 Å². The van der Waals surface area contributed by atoms with Gasteiger partial charge in [0.05, 0.1) is 39.6 Å². The van der Waals surface area contributed by atoms with E-state index in [1.165, 1.54) is 6.08 Å². The van der Waals surface area contributed by atoms with Crippen molar-refractivity contribution >= 4 is 28.7 Å². The van der Waals surface area contributed by atoms with Crippen LogP contribution in [0.15, 0.2) is 63.7 Å². The van der Waals surface area contributed by atoms with Gasteiger partial charge in [0.1, 0.15) is 11.6 Å². The van der Waals surface area contributed by atoms with Gasteiger partial charge in [-0.2, -0.15) is 0 Å². The molecule has 1 atom stereocenters. The van der Waals surface area contributed by atoms with Gasteiger partial charge >= 0.3 is 0 Å². The van der Waals surface area contributed by atoms with Crippen LogP contribution in [0.2, 0.25) is 0 Å². The second-order valence-electron chi connectivity index (χ2n) is 10.7. The Kier molecular flexibility index (Phi) is 6.04. The van der Waals surface area contributed by atoms with Crippen LogP contribution in [0.1, 0.15) is 49.7 Å². The number of hydrogen-bond donors (Lipinski definition) is 1. The van der Waals surface area contributed by atoms with E-state index in [1.807, 2.05) is 31.3 Å². The molecule has 0 amide bonds. The fourth-order valence-electron chi connectivity index (χ4n) is 5.90. The van der Waals surface area contributed by atoms with Crippen LogP contribution in [0.5, 0.6) is 0 Å². The van der Waals surface area contributed by atoms with Crippen molar-refractivity contribution in [1.82, 2.24) is 14.7 Å². The van der Waals surface area contributed by atoms with Crippen LogP contribution in [0.25, 0.3) is 33.1 Å². The Bertz CT molecular complexity index is 1620. The number of aliphatic hydroxyl groups is 1. The molecule has 38 heavy (non-hydrogen) atoms. The summed E-state index contributed by atoms with van der Waals surface area (Å²) in [5.41, 5.74) is 5.00. The summed E-state index contributed by atoms with van der Waals surface area (Å²) < 4.78 is 29.4. The Hall–Kier alpha value is -3.62. The molecule has 2 bridgehead atoms. The SMILES string of the molecule is C=N/C1=C(F)\C=C/Cc2onc(C)c2-c2cnc3c4ccc(C(C)(C)O)cc4n(c3c2)C1C1CCOCC1. The van der Waals surface area contributed by atoms with Gasteiger partial charge in [-0.25, -0.2) is 4.39 Å². The minimum absolute atomic E-state index is 0.0625. The second-order valence-corrected chi connectivity index (χ2v) is 10.7. The molecule has 6 rings (SSSR count). The molecule has 1 saturated heterocycles. The summed E-state index contributed by atoms with van der Waals surface area (Å²) in [7, 11) is 0. The van der Waals surface area contributed by atoms with Crippen LogP contribution in [-0.2, 0) is 16.8 Å². The van der Waals surface area contributed by atoms with Gasteiger partial charge in [0, 0.05) is 42.3 Å². The molecule has 2 aliphatic heterocycles. The van der Waals surface area contributed by atoms with Crippen LogP contribution in [0.3, 0.4) is 0 Å². The maximum Gasteiger partial charge on any atom is 0.148 e. The average Bonchev–Trinajstić information content (AvgIpc) is 3.42. The van der Waals surface area contributed by atoms with E-state index in [0.717, 1.165) is 57.2 Å². The van der Waals surface area contributed by atoms with E-state index >= 15 is 4.39 Å². The molecule has 2 aliphatic rings. The molecule has 8 heteroatoms. The number of ether oxygens (including phenoxy) is 1. The molecule has 0 aliphatic carbocycles. The first-order valence-electron chi connectivity index (χ1n) is 13.0. The fraction of sp³-hybridized carbons (Fsp3) is 0.367. The van der Waals surface area contributed by atoms with Gasteiger partial charge in [-0.05, 0) is 70.0 Å². The Morgan fingerprint density at radius 1 is 1.18 bits per heavy atom. The highest BCUT2D eigenvalue weighted by molar-refractivity contribution is 6.07. The highest BCUT2D eigenvalue weighted by Gasteiger charge is 2.34. The molecule has 1 fully saturated rings. The minimum atomic E-state index is -1.05. The Morgan fingerprint density at radius 2 is 1.97 bits per heavy atom. The quantitative estimate of drug-likeness (QED) is 0.322. The van der Waals surface area contributed by atoms with Crippen molar-refractivity contribution in [3.8, 4) is 11.1 Å². The predicted octanol–water partition coefficient (Wildman–Crippen LogP) is 6.34. The third-order valence-corrected chi connectivity index (χ3v) is 7.82. The van der Waals surface area contributed by atoms with Gasteiger partial charge < -0.3 is 18.9 Å². The summed E-state index contributed by atoms with van der Waals surface area (Å²) in [6, 6.07) is 7.54. The molecule has 4 aromatic rings. The van der Waals surface area contributed by atoms with Gasteiger partial charge in [0.2, 0.25) is 0 Å². The van der Waals surface area contributed by atoms with E-state index in [9.17, 15) is 5.11 Å². The number of aryl methyl sites for hydroxylation is 1. The number of halogens is 1. The smallest absolute Gasteiger partial charge is 0.148 e. The second kappa shape index (κ2) is 9.29. The van der Waals surface area contributed by atoms with Gasteiger partial charge in [-0.15, -0.1) is 0 Å². The highest BCUT2D eigenvalue weighted by atomic mass is 19.1. The third kappa shape index (κ3) is 3.99. The molecular formula is C30H31FN4O3. The van der Waals surface area contributed by atoms with E-state index in [2.05, 4.69) is 27.5 Å². The molecule has 1 unspecified atom stereocenters. The number of aromatic nitrogens is 3. The van der Waals surface area contributed by atoms with E-state index in [0.29, 0.717) is 25.4 Å². The summed E-state index contributed by atoms with van der Waals surface area (Å²) in [6.07, 6.45) is 6.94. The lowest BCUT2D eigenvalue weighted by atomic mass is 9.88. The minimum Gasteiger partial charge on any atom is -0.386 e. The number of benzene rings is 1. The molecule has 7 nitrogen and oxygen atoms in total.